The summed E-state index contributed by atoms with van der Waals surface area (Å²) in [6, 6.07) is 15.8. The molecule has 2 aromatic rings. The van der Waals surface area contributed by atoms with Gasteiger partial charge >= 0.3 is 0 Å². The Balaban J connectivity index is 1.90. The Bertz CT molecular complexity index is 527. The SMILES string of the molecule is CCOc1ccc(C(N)CSc2ccc(Cl)cc2)cc1. The molecular formula is C16H18ClNOS. The lowest BCUT2D eigenvalue weighted by molar-refractivity contribution is 0.340. The van der Waals surface area contributed by atoms with Gasteiger partial charge in [0.05, 0.1) is 6.61 Å². The average Bonchev–Trinajstić information content (AvgIpc) is 2.47. The summed E-state index contributed by atoms with van der Waals surface area (Å²) in [6.45, 7) is 2.65. The Morgan fingerprint density at radius 3 is 2.35 bits per heavy atom. The van der Waals surface area contributed by atoms with Crippen molar-refractivity contribution in [2.45, 2.75) is 17.9 Å². The molecule has 4 heteroatoms. The van der Waals surface area contributed by atoms with E-state index in [1.807, 2.05) is 55.5 Å². The van der Waals surface area contributed by atoms with E-state index in [4.69, 9.17) is 22.1 Å². The molecular weight excluding hydrogens is 290 g/mol. The van der Waals surface area contributed by atoms with E-state index in [1.165, 1.54) is 4.90 Å². The van der Waals surface area contributed by atoms with Gasteiger partial charge in [0, 0.05) is 21.7 Å². The molecule has 0 aliphatic carbocycles. The van der Waals surface area contributed by atoms with Gasteiger partial charge in [-0.05, 0) is 48.9 Å². The molecule has 0 saturated heterocycles. The van der Waals surface area contributed by atoms with Gasteiger partial charge in [0.15, 0.2) is 0 Å². The maximum absolute atomic E-state index is 6.21. The average molecular weight is 308 g/mol. The second-order valence-electron chi connectivity index (χ2n) is 4.37. The third-order valence-corrected chi connectivity index (χ3v) is 4.25. The van der Waals surface area contributed by atoms with E-state index < -0.39 is 0 Å². The zero-order chi connectivity index (χ0) is 14.4. The third kappa shape index (κ3) is 4.44. The quantitative estimate of drug-likeness (QED) is 0.796. The fourth-order valence-electron chi connectivity index (χ4n) is 1.79. The molecule has 0 radical (unpaired) electrons. The van der Waals surface area contributed by atoms with Crippen molar-refractivity contribution in [3.63, 3.8) is 0 Å². The smallest absolute Gasteiger partial charge is 0.119 e. The van der Waals surface area contributed by atoms with Gasteiger partial charge in [-0.25, -0.2) is 0 Å². The Morgan fingerprint density at radius 2 is 1.75 bits per heavy atom. The summed E-state index contributed by atoms with van der Waals surface area (Å²) in [5.41, 5.74) is 7.33. The number of nitrogens with two attached hydrogens (primary N) is 1. The topological polar surface area (TPSA) is 35.2 Å². The van der Waals surface area contributed by atoms with E-state index in [9.17, 15) is 0 Å². The summed E-state index contributed by atoms with van der Waals surface area (Å²) in [7, 11) is 0. The summed E-state index contributed by atoms with van der Waals surface area (Å²) >= 11 is 7.60. The highest BCUT2D eigenvalue weighted by Gasteiger charge is 2.07. The Morgan fingerprint density at radius 1 is 1.10 bits per heavy atom. The van der Waals surface area contributed by atoms with Gasteiger partial charge < -0.3 is 10.5 Å². The molecule has 2 N–H and O–H groups in total. The summed E-state index contributed by atoms with van der Waals surface area (Å²) in [6.07, 6.45) is 0. The number of benzene rings is 2. The molecule has 0 aliphatic rings. The first-order chi connectivity index (χ1) is 9.69. The van der Waals surface area contributed by atoms with E-state index in [1.54, 1.807) is 11.8 Å². The zero-order valence-corrected chi connectivity index (χ0v) is 13.0. The minimum Gasteiger partial charge on any atom is -0.494 e. The van der Waals surface area contributed by atoms with Crippen molar-refractivity contribution in [2.75, 3.05) is 12.4 Å². The molecule has 0 amide bonds. The molecule has 0 saturated carbocycles. The van der Waals surface area contributed by atoms with Crippen LogP contribution in [0.1, 0.15) is 18.5 Å². The highest BCUT2D eigenvalue weighted by Crippen LogP contribution is 2.25. The largest absolute Gasteiger partial charge is 0.494 e. The molecule has 0 aromatic heterocycles. The van der Waals surface area contributed by atoms with Crippen LogP contribution >= 0.6 is 23.4 Å². The number of thioether (sulfide) groups is 1. The molecule has 1 unspecified atom stereocenters. The number of halogens is 1. The van der Waals surface area contributed by atoms with E-state index in [2.05, 4.69) is 0 Å². The number of rotatable bonds is 6. The second-order valence-corrected chi connectivity index (χ2v) is 5.90. The van der Waals surface area contributed by atoms with Crippen LogP contribution < -0.4 is 10.5 Å². The Kier molecular flexibility index (Phi) is 5.77. The van der Waals surface area contributed by atoms with Crippen LogP contribution in [-0.2, 0) is 0 Å². The first-order valence-electron chi connectivity index (χ1n) is 6.55. The molecule has 1 atom stereocenters. The molecule has 0 aliphatic heterocycles. The van der Waals surface area contributed by atoms with Crippen molar-refractivity contribution >= 4 is 23.4 Å². The maximum atomic E-state index is 6.21. The number of ether oxygens (including phenoxy) is 1. The monoisotopic (exact) mass is 307 g/mol. The first kappa shape index (κ1) is 15.2. The summed E-state index contributed by atoms with van der Waals surface area (Å²) in [5.74, 6) is 1.71. The molecule has 2 aromatic carbocycles. The predicted molar refractivity (Wildman–Crippen MR) is 86.7 cm³/mol. The van der Waals surface area contributed by atoms with E-state index >= 15 is 0 Å². The standard InChI is InChI=1S/C16H18ClNOS/c1-2-19-14-7-3-12(4-8-14)16(18)11-20-15-9-5-13(17)6-10-15/h3-10,16H,2,11,18H2,1H3. The highest BCUT2D eigenvalue weighted by atomic mass is 35.5. The predicted octanol–water partition coefficient (Wildman–Crippen LogP) is 4.53. The molecule has 2 rings (SSSR count). The maximum Gasteiger partial charge on any atom is 0.119 e. The number of hydrogen-bond acceptors (Lipinski definition) is 3. The van der Waals surface area contributed by atoms with Gasteiger partial charge in [0.25, 0.3) is 0 Å². The van der Waals surface area contributed by atoms with Crippen molar-refractivity contribution < 1.29 is 4.74 Å². The molecule has 2 nitrogen and oxygen atoms in total. The van der Waals surface area contributed by atoms with Crippen LogP contribution in [0.3, 0.4) is 0 Å². The lowest BCUT2D eigenvalue weighted by Crippen LogP contribution is -2.12. The van der Waals surface area contributed by atoms with E-state index in [-0.39, 0.29) is 6.04 Å². The van der Waals surface area contributed by atoms with Crippen LogP contribution in [0.4, 0.5) is 0 Å². The Hall–Kier alpha value is -1.16. The number of hydrogen-bond donors (Lipinski definition) is 1. The minimum absolute atomic E-state index is 0.00588. The van der Waals surface area contributed by atoms with Crippen LogP contribution in [0.15, 0.2) is 53.4 Å². The van der Waals surface area contributed by atoms with Crippen LogP contribution in [0.2, 0.25) is 5.02 Å². The highest BCUT2D eigenvalue weighted by molar-refractivity contribution is 7.99. The Labute approximate surface area is 129 Å². The summed E-state index contributed by atoms with van der Waals surface area (Å²) in [4.78, 5) is 1.18. The van der Waals surface area contributed by atoms with Gasteiger partial charge in [-0.15, -0.1) is 11.8 Å². The fraction of sp³-hybridized carbons (Fsp3) is 0.250. The van der Waals surface area contributed by atoms with Crippen LogP contribution in [0, 0.1) is 0 Å². The minimum atomic E-state index is 0.00588. The molecule has 0 heterocycles. The fourth-order valence-corrected chi connectivity index (χ4v) is 2.81. The molecule has 106 valence electrons. The lowest BCUT2D eigenvalue weighted by Gasteiger charge is -2.12. The van der Waals surface area contributed by atoms with Gasteiger partial charge in [-0.3, -0.25) is 0 Å². The van der Waals surface area contributed by atoms with Gasteiger partial charge in [-0.2, -0.15) is 0 Å². The summed E-state index contributed by atoms with van der Waals surface area (Å²) < 4.78 is 5.42. The van der Waals surface area contributed by atoms with Gasteiger partial charge in [-0.1, -0.05) is 23.7 Å². The molecule has 0 spiro atoms. The first-order valence-corrected chi connectivity index (χ1v) is 7.92. The van der Waals surface area contributed by atoms with Crippen molar-refractivity contribution in [1.82, 2.24) is 0 Å². The normalized spacial score (nSPS) is 12.2. The van der Waals surface area contributed by atoms with Crippen LogP contribution in [0.25, 0.3) is 0 Å². The molecule has 20 heavy (non-hydrogen) atoms. The molecule has 0 fully saturated rings. The van der Waals surface area contributed by atoms with E-state index in [0.717, 1.165) is 22.1 Å². The van der Waals surface area contributed by atoms with Gasteiger partial charge in [0.2, 0.25) is 0 Å². The van der Waals surface area contributed by atoms with Crippen molar-refractivity contribution in [1.29, 1.82) is 0 Å². The van der Waals surface area contributed by atoms with Crippen LogP contribution in [0.5, 0.6) is 5.75 Å². The van der Waals surface area contributed by atoms with Crippen molar-refractivity contribution in [3.05, 3.63) is 59.1 Å². The lowest BCUT2D eigenvalue weighted by atomic mass is 10.1. The van der Waals surface area contributed by atoms with Crippen molar-refractivity contribution in [2.24, 2.45) is 5.73 Å². The van der Waals surface area contributed by atoms with Crippen LogP contribution in [-0.4, -0.2) is 12.4 Å². The molecule has 0 bridgehead atoms. The second kappa shape index (κ2) is 7.58. The zero-order valence-electron chi connectivity index (χ0n) is 11.4. The summed E-state index contributed by atoms with van der Waals surface area (Å²) in [5, 5.41) is 0.755. The van der Waals surface area contributed by atoms with E-state index in [0.29, 0.717) is 6.61 Å². The van der Waals surface area contributed by atoms with Crippen molar-refractivity contribution in [3.8, 4) is 5.75 Å². The van der Waals surface area contributed by atoms with Gasteiger partial charge in [0.1, 0.15) is 5.75 Å². The third-order valence-electron chi connectivity index (χ3n) is 2.86.